The molecular formula is C17H29N5O5. The summed E-state index contributed by atoms with van der Waals surface area (Å²) in [5.74, 6) is -2.03. The van der Waals surface area contributed by atoms with Crippen LogP contribution in [0.1, 0.15) is 39.5 Å². The van der Waals surface area contributed by atoms with E-state index in [9.17, 15) is 24.0 Å². The van der Waals surface area contributed by atoms with Gasteiger partial charge in [-0.25, -0.2) is 0 Å². The predicted octanol–water partition coefficient (Wildman–Crippen LogP) is -1.96. The minimum Gasteiger partial charge on any atom is -0.370 e. The van der Waals surface area contributed by atoms with Crippen molar-refractivity contribution in [1.29, 1.82) is 0 Å². The first-order valence-corrected chi connectivity index (χ1v) is 9.01. The number of carbonyl (C=O) groups is 5. The zero-order chi connectivity index (χ0) is 20.6. The fourth-order valence-corrected chi connectivity index (χ4v) is 3.04. The summed E-state index contributed by atoms with van der Waals surface area (Å²) in [5.41, 5.74) is 5.12. The number of amides is 4. The number of nitrogens with two attached hydrogens (primary N) is 1. The lowest BCUT2D eigenvalue weighted by molar-refractivity contribution is -0.140. The third-order valence-electron chi connectivity index (χ3n) is 4.40. The van der Waals surface area contributed by atoms with E-state index in [2.05, 4.69) is 16.0 Å². The molecule has 152 valence electrons. The summed E-state index contributed by atoms with van der Waals surface area (Å²) in [7, 11) is 1.58. The molecule has 10 nitrogen and oxygen atoms in total. The Kier molecular flexibility index (Phi) is 8.86. The van der Waals surface area contributed by atoms with Crippen molar-refractivity contribution < 1.29 is 24.0 Å². The van der Waals surface area contributed by atoms with Crippen molar-refractivity contribution in [3.63, 3.8) is 0 Å². The van der Waals surface area contributed by atoms with Crippen LogP contribution in [0.5, 0.6) is 0 Å². The van der Waals surface area contributed by atoms with Gasteiger partial charge in [-0.1, -0.05) is 0 Å². The second-order valence-electron chi connectivity index (χ2n) is 6.69. The largest absolute Gasteiger partial charge is 0.370 e. The number of carbonyl (C=O) groups excluding carboxylic acids is 5. The lowest BCUT2D eigenvalue weighted by Crippen LogP contribution is -2.55. The van der Waals surface area contributed by atoms with Gasteiger partial charge in [0.05, 0.1) is 12.6 Å². The summed E-state index contributed by atoms with van der Waals surface area (Å²) < 4.78 is 0. The minimum atomic E-state index is -0.990. The Hall–Kier alpha value is -2.49. The molecule has 1 fully saturated rings. The van der Waals surface area contributed by atoms with Crippen LogP contribution in [0.15, 0.2) is 0 Å². The van der Waals surface area contributed by atoms with Crippen molar-refractivity contribution in [3.8, 4) is 0 Å². The first-order valence-electron chi connectivity index (χ1n) is 9.01. The highest BCUT2D eigenvalue weighted by molar-refractivity contribution is 5.94. The third-order valence-corrected chi connectivity index (χ3v) is 4.40. The molecule has 0 unspecified atom stereocenters. The Morgan fingerprint density at radius 3 is 2.41 bits per heavy atom. The van der Waals surface area contributed by atoms with Crippen LogP contribution in [0.25, 0.3) is 0 Å². The molecule has 0 aromatic rings. The molecule has 1 aliphatic rings. The van der Waals surface area contributed by atoms with Crippen LogP contribution in [-0.4, -0.2) is 72.6 Å². The van der Waals surface area contributed by atoms with Crippen LogP contribution in [-0.2, 0) is 24.0 Å². The Bertz CT molecular complexity index is 594. The zero-order valence-corrected chi connectivity index (χ0v) is 16.0. The van der Waals surface area contributed by atoms with E-state index in [-0.39, 0.29) is 31.1 Å². The molecule has 0 saturated carbocycles. The number of likely N-dealkylation sites (tertiary alicyclic amines) is 1. The molecule has 0 aromatic carbocycles. The van der Waals surface area contributed by atoms with Gasteiger partial charge in [-0.15, -0.1) is 0 Å². The SMILES string of the molecule is CNCC(=O)N[C@@H](CCC(N)=O)C(=O)N[C@@H](C)C(=O)N1CCC[C@H]1C(C)=O. The van der Waals surface area contributed by atoms with Gasteiger partial charge < -0.3 is 26.6 Å². The van der Waals surface area contributed by atoms with E-state index in [1.165, 1.54) is 18.7 Å². The van der Waals surface area contributed by atoms with E-state index in [4.69, 9.17) is 5.73 Å². The highest BCUT2D eigenvalue weighted by Crippen LogP contribution is 2.19. The van der Waals surface area contributed by atoms with Crippen LogP contribution in [0.4, 0.5) is 0 Å². The van der Waals surface area contributed by atoms with Crippen LogP contribution in [0.2, 0.25) is 0 Å². The standard InChI is InChI=1S/C17H29N5O5/c1-10(17(27)22-8-4-5-13(22)11(2)23)20-16(26)12(6-7-14(18)24)21-15(25)9-19-3/h10,12-13,19H,4-9H2,1-3H3,(H2,18,24)(H,20,26)(H,21,25)/t10-,12-,13-/m0/s1. The van der Waals surface area contributed by atoms with E-state index in [0.29, 0.717) is 13.0 Å². The second-order valence-corrected chi connectivity index (χ2v) is 6.69. The van der Waals surface area contributed by atoms with Gasteiger partial charge in [-0.2, -0.15) is 0 Å². The molecule has 0 aliphatic carbocycles. The molecule has 1 saturated heterocycles. The van der Waals surface area contributed by atoms with Gasteiger partial charge >= 0.3 is 0 Å². The number of nitrogens with zero attached hydrogens (tertiary/aromatic N) is 1. The van der Waals surface area contributed by atoms with Crippen molar-refractivity contribution in [1.82, 2.24) is 20.9 Å². The smallest absolute Gasteiger partial charge is 0.245 e. The normalized spacial score (nSPS) is 18.5. The molecule has 0 aromatic heterocycles. The lowest BCUT2D eigenvalue weighted by atomic mass is 10.1. The summed E-state index contributed by atoms with van der Waals surface area (Å²) >= 11 is 0. The summed E-state index contributed by atoms with van der Waals surface area (Å²) in [6.07, 6.45) is 1.29. The van der Waals surface area contributed by atoms with Gasteiger partial charge in [0, 0.05) is 13.0 Å². The molecule has 1 heterocycles. The van der Waals surface area contributed by atoms with E-state index >= 15 is 0 Å². The number of nitrogens with one attached hydrogen (secondary N) is 3. The highest BCUT2D eigenvalue weighted by Gasteiger charge is 2.35. The molecule has 27 heavy (non-hydrogen) atoms. The number of rotatable bonds is 10. The van der Waals surface area contributed by atoms with E-state index < -0.39 is 35.8 Å². The number of hydrogen-bond acceptors (Lipinski definition) is 6. The summed E-state index contributed by atoms with van der Waals surface area (Å²) in [4.78, 5) is 61.0. The van der Waals surface area contributed by atoms with Gasteiger partial charge in [0.15, 0.2) is 5.78 Å². The molecule has 0 radical (unpaired) electrons. The third kappa shape index (κ3) is 6.97. The molecule has 10 heteroatoms. The average Bonchev–Trinajstić information content (AvgIpc) is 3.07. The minimum absolute atomic E-state index is 0.00288. The maximum Gasteiger partial charge on any atom is 0.245 e. The molecule has 1 rings (SSSR count). The molecule has 3 atom stereocenters. The number of primary amides is 1. The van der Waals surface area contributed by atoms with Crippen LogP contribution < -0.4 is 21.7 Å². The van der Waals surface area contributed by atoms with Crippen molar-refractivity contribution in [2.24, 2.45) is 5.73 Å². The van der Waals surface area contributed by atoms with Gasteiger partial charge in [0.25, 0.3) is 0 Å². The van der Waals surface area contributed by atoms with E-state index in [1.54, 1.807) is 7.05 Å². The highest BCUT2D eigenvalue weighted by atomic mass is 16.2. The number of likely N-dealkylation sites (N-methyl/N-ethyl adjacent to an activating group) is 1. The molecule has 0 bridgehead atoms. The maximum absolute atomic E-state index is 12.6. The van der Waals surface area contributed by atoms with E-state index in [0.717, 1.165) is 6.42 Å². The molecule has 4 amide bonds. The topological polar surface area (TPSA) is 151 Å². The number of Topliss-reactive ketones (excluding diaryl/α,β-unsaturated/α-hetero) is 1. The fourth-order valence-electron chi connectivity index (χ4n) is 3.04. The van der Waals surface area contributed by atoms with Crippen molar-refractivity contribution in [2.75, 3.05) is 20.1 Å². The summed E-state index contributed by atoms with van der Waals surface area (Å²) in [6, 6.07) is -2.32. The molecule has 0 spiro atoms. The quantitative estimate of drug-likeness (QED) is 0.344. The van der Waals surface area contributed by atoms with Crippen LogP contribution >= 0.6 is 0 Å². The number of ketones is 1. The Morgan fingerprint density at radius 1 is 1.19 bits per heavy atom. The van der Waals surface area contributed by atoms with Crippen LogP contribution in [0.3, 0.4) is 0 Å². The fraction of sp³-hybridized carbons (Fsp3) is 0.706. The van der Waals surface area contributed by atoms with E-state index in [1.807, 2.05) is 0 Å². The molecular weight excluding hydrogens is 354 g/mol. The van der Waals surface area contributed by atoms with Crippen molar-refractivity contribution in [3.05, 3.63) is 0 Å². The predicted molar refractivity (Wildman–Crippen MR) is 97.3 cm³/mol. The Balaban J connectivity index is 2.73. The van der Waals surface area contributed by atoms with Crippen molar-refractivity contribution in [2.45, 2.75) is 57.7 Å². The Labute approximate surface area is 158 Å². The van der Waals surface area contributed by atoms with Crippen LogP contribution in [0, 0.1) is 0 Å². The molecule has 5 N–H and O–H groups in total. The monoisotopic (exact) mass is 383 g/mol. The van der Waals surface area contributed by atoms with Crippen molar-refractivity contribution >= 4 is 29.4 Å². The summed E-state index contributed by atoms with van der Waals surface area (Å²) in [5, 5.41) is 7.73. The average molecular weight is 383 g/mol. The summed E-state index contributed by atoms with van der Waals surface area (Å²) in [6.45, 7) is 3.43. The maximum atomic E-state index is 12.6. The Morgan fingerprint density at radius 2 is 1.85 bits per heavy atom. The van der Waals surface area contributed by atoms with Gasteiger partial charge in [-0.3, -0.25) is 24.0 Å². The molecule has 1 aliphatic heterocycles. The first kappa shape index (κ1) is 22.6. The number of hydrogen-bond donors (Lipinski definition) is 4. The second kappa shape index (κ2) is 10.6. The van der Waals surface area contributed by atoms with Gasteiger partial charge in [0.2, 0.25) is 23.6 Å². The lowest BCUT2D eigenvalue weighted by Gasteiger charge is -2.27. The van der Waals surface area contributed by atoms with Gasteiger partial charge in [0.1, 0.15) is 12.1 Å². The van der Waals surface area contributed by atoms with Gasteiger partial charge in [-0.05, 0) is 40.2 Å². The first-order chi connectivity index (χ1) is 12.7. The zero-order valence-electron chi connectivity index (χ0n) is 16.0.